The van der Waals surface area contributed by atoms with Gasteiger partial charge in [-0.2, -0.15) is 0 Å². The van der Waals surface area contributed by atoms with Gasteiger partial charge >= 0.3 is 5.97 Å². The summed E-state index contributed by atoms with van der Waals surface area (Å²) in [4.78, 5) is 23.6. The van der Waals surface area contributed by atoms with E-state index in [0.717, 1.165) is 60.7 Å². The van der Waals surface area contributed by atoms with E-state index in [0.29, 0.717) is 48.7 Å². The normalized spacial score (nSPS) is 18.3. The van der Waals surface area contributed by atoms with Gasteiger partial charge in [-0.15, -0.1) is 0 Å². The van der Waals surface area contributed by atoms with Crippen LogP contribution in [0.5, 0.6) is 17.4 Å². The van der Waals surface area contributed by atoms with Crippen LogP contribution in [0, 0.1) is 0 Å². The summed E-state index contributed by atoms with van der Waals surface area (Å²) in [5.41, 5.74) is 4.81. The van der Waals surface area contributed by atoms with Crippen molar-refractivity contribution in [3.05, 3.63) is 82.3 Å². The smallest absolute Gasteiger partial charge is 0.335 e. The Morgan fingerprint density at radius 2 is 1.93 bits per heavy atom. The van der Waals surface area contributed by atoms with Crippen molar-refractivity contribution in [2.45, 2.75) is 38.6 Å². The van der Waals surface area contributed by atoms with E-state index in [4.69, 9.17) is 40.5 Å². The number of pyridine rings is 1. The molecule has 3 aliphatic heterocycles. The van der Waals surface area contributed by atoms with E-state index in [9.17, 15) is 9.90 Å². The first-order chi connectivity index (χ1) is 21.0. The number of hydrogen-bond acceptors (Lipinski definition) is 8. The monoisotopic (exact) mass is 602 g/mol. The molecule has 0 unspecified atom stereocenters. The molecule has 0 aliphatic carbocycles. The minimum absolute atomic E-state index is 0.129. The molecule has 4 aromatic rings. The number of carboxylic acid groups (broad SMARTS) is 1. The van der Waals surface area contributed by atoms with Crippen molar-refractivity contribution >= 4 is 34.2 Å². The molecule has 1 fully saturated rings. The number of benzene rings is 2. The summed E-state index contributed by atoms with van der Waals surface area (Å²) >= 11 is 6.27. The maximum Gasteiger partial charge on any atom is 0.335 e. The zero-order valence-electron chi connectivity index (χ0n) is 23.5. The van der Waals surface area contributed by atoms with E-state index in [2.05, 4.69) is 15.5 Å². The number of carboxylic acids is 1. The summed E-state index contributed by atoms with van der Waals surface area (Å²) in [6.07, 6.45) is 4.17. The molecule has 7 rings (SSSR count). The quantitative estimate of drug-likeness (QED) is 0.276. The van der Waals surface area contributed by atoms with Gasteiger partial charge < -0.3 is 28.6 Å². The number of aromatic nitrogens is 3. The maximum atomic E-state index is 11.6. The molecule has 1 atom stereocenters. The van der Waals surface area contributed by atoms with Gasteiger partial charge in [-0.25, -0.2) is 14.8 Å². The number of halogens is 1. The number of ether oxygens (including phenoxy) is 4. The summed E-state index contributed by atoms with van der Waals surface area (Å²) in [5, 5.41) is 10.0. The summed E-state index contributed by atoms with van der Waals surface area (Å²) < 4.78 is 25.4. The lowest BCUT2D eigenvalue weighted by atomic mass is 10.0. The van der Waals surface area contributed by atoms with E-state index < -0.39 is 5.97 Å². The number of carbonyl (C=O) groups is 1. The second kappa shape index (κ2) is 11.9. The lowest BCUT2D eigenvalue weighted by Crippen LogP contribution is -2.33. The highest BCUT2D eigenvalue weighted by Gasteiger charge is 2.24. The van der Waals surface area contributed by atoms with Gasteiger partial charge in [0.05, 0.1) is 46.5 Å². The Hall–Kier alpha value is -4.12. The summed E-state index contributed by atoms with van der Waals surface area (Å²) in [5.74, 6) is 1.69. The second-order valence-corrected chi connectivity index (χ2v) is 11.3. The highest BCUT2D eigenvalue weighted by Crippen LogP contribution is 2.40. The Morgan fingerprint density at radius 1 is 1.07 bits per heavy atom. The van der Waals surface area contributed by atoms with Gasteiger partial charge in [0.1, 0.15) is 25.6 Å². The van der Waals surface area contributed by atoms with Gasteiger partial charge in [0.15, 0.2) is 11.5 Å². The predicted octanol–water partition coefficient (Wildman–Crippen LogP) is 5.21. The number of aromatic carboxylic acids is 1. The topological polar surface area (TPSA) is 108 Å². The van der Waals surface area contributed by atoms with Gasteiger partial charge in [0.25, 0.3) is 0 Å². The Bertz CT molecular complexity index is 1720. The fourth-order valence-corrected chi connectivity index (χ4v) is 5.85. The average molecular weight is 603 g/mol. The van der Waals surface area contributed by atoms with Crippen molar-refractivity contribution in [1.29, 1.82) is 0 Å². The van der Waals surface area contributed by atoms with Crippen molar-refractivity contribution in [3.8, 4) is 17.4 Å². The van der Waals surface area contributed by atoms with Crippen molar-refractivity contribution in [1.82, 2.24) is 19.4 Å². The summed E-state index contributed by atoms with van der Waals surface area (Å²) in [7, 11) is 0. The molecule has 0 amide bonds. The zero-order chi connectivity index (χ0) is 29.3. The van der Waals surface area contributed by atoms with Crippen LogP contribution in [-0.2, 0) is 24.4 Å². The third-order valence-electron chi connectivity index (χ3n) is 8.06. The van der Waals surface area contributed by atoms with Gasteiger partial charge in [-0.1, -0.05) is 29.8 Å². The molecular weight excluding hydrogens is 572 g/mol. The van der Waals surface area contributed by atoms with Crippen LogP contribution in [-0.4, -0.2) is 69.5 Å². The second-order valence-electron chi connectivity index (χ2n) is 10.9. The highest BCUT2D eigenvalue weighted by molar-refractivity contribution is 6.32. The Kier molecular flexibility index (Phi) is 7.65. The standard InChI is InChI=1S/C32H31ClN4O6/c33-24-6-4-22(30-31(24)42-15-14-41-30)19-43-29-3-1-2-25(35-29)20-8-11-36(12-9-20)18-28-34-26-7-5-21(32(38)39)16-27(26)37(28)17-23-10-13-40-23/h1-8,16,23H,9-15,17-19H2,(H,38,39)/t23-/m0/s1. The van der Waals surface area contributed by atoms with E-state index in [1.54, 1.807) is 24.3 Å². The van der Waals surface area contributed by atoms with Gasteiger partial charge in [-0.05, 0) is 48.7 Å². The molecule has 10 nitrogen and oxygen atoms in total. The third-order valence-corrected chi connectivity index (χ3v) is 8.36. The molecular formula is C32H31ClN4O6. The number of rotatable bonds is 9. The zero-order valence-corrected chi connectivity index (χ0v) is 24.3. The van der Waals surface area contributed by atoms with Crippen molar-refractivity contribution < 1.29 is 28.8 Å². The fraction of sp³-hybridized carbons (Fsp3) is 0.344. The number of imidazole rings is 1. The van der Waals surface area contributed by atoms with Gasteiger partial charge in [-0.3, -0.25) is 4.90 Å². The molecule has 43 heavy (non-hydrogen) atoms. The average Bonchev–Trinajstić information content (AvgIpc) is 3.35. The minimum atomic E-state index is -0.944. The van der Waals surface area contributed by atoms with Crippen molar-refractivity contribution in [3.63, 3.8) is 0 Å². The molecule has 222 valence electrons. The number of hydrogen-bond donors (Lipinski definition) is 1. The molecule has 5 heterocycles. The molecule has 0 spiro atoms. The molecule has 2 aromatic heterocycles. The van der Waals surface area contributed by atoms with E-state index >= 15 is 0 Å². The first-order valence-corrected chi connectivity index (χ1v) is 14.8. The molecule has 2 aromatic carbocycles. The van der Waals surface area contributed by atoms with Crippen LogP contribution >= 0.6 is 11.6 Å². The van der Waals surface area contributed by atoms with E-state index in [1.807, 2.05) is 24.3 Å². The molecule has 0 bridgehead atoms. The lowest BCUT2D eigenvalue weighted by molar-refractivity contribution is -0.0591. The van der Waals surface area contributed by atoms with E-state index in [-0.39, 0.29) is 18.3 Å². The van der Waals surface area contributed by atoms with E-state index in [1.165, 1.54) is 5.57 Å². The molecule has 3 aliphatic rings. The van der Waals surface area contributed by atoms with Crippen LogP contribution in [0.25, 0.3) is 16.6 Å². The molecule has 1 saturated heterocycles. The Labute approximate surface area is 253 Å². The van der Waals surface area contributed by atoms with Crippen LogP contribution in [0.1, 0.15) is 40.3 Å². The largest absolute Gasteiger partial charge is 0.486 e. The molecule has 0 radical (unpaired) electrons. The minimum Gasteiger partial charge on any atom is -0.486 e. The third kappa shape index (κ3) is 5.78. The molecule has 0 saturated carbocycles. The van der Waals surface area contributed by atoms with Crippen LogP contribution < -0.4 is 14.2 Å². The molecule has 1 N–H and O–H groups in total. The first-order valence-electron chi connectivity index (χ1n) is 14.4. The van der Waals surface area contributed by atoms with Crippen LogP contribution in [0.4, 0.5) is 0 Å². The SMILES string of the molecule is O=C(O)c1ccc2nc(CN3CC=C(c4cccc(OCc5ccc(Cl)c6c5OCCO6)n4)CC3)n(C[C@@H]3CCO3)c2c1. The number of fused-ring (bicyclic) bond motifs is 2. The van der Waals surface area contributed by atoms with Crippen molar-refractivity contribution in [2.75, 3.05) is 32.9 Å². The molecule has 11 heteroatoms. The first kappa shape index (κ1) is 27.7. The summed E-state index contributed by atoms with van der Waals surface area (Å²) in [6, 6.07) is 14.6. The van der Waals surface area contributed by atoms with Crippen molar-refractivity contribution in [2.24, 2.45) is 0 Å². The lowest BCUT2D eigenvalue weighted by Gasteiger charge is -2.29. The predicted molar refractivity (Wildman–Crippen MR) is 160 cm³/mol. The highest BCUT2D eigenvalue weighted by atomic mass is 35.5. The van der Waals surface area contributed by atoms with Gasteiger partial charge in [0, 0.05) is 31.3 Å². The van der Waals surface area contributed by atoms with Crippen LogP contribution in [0.3, 0.4) is 0 Å². The summed E-state index contributed by atoms with van der Waals surface area (Å²) in [6.45, 7) is 4.90. The Morgan fingerprint density at radius 3 is 2.70 bits per heavy atom. The van der Waals surface area contributed by atoms with Crippen LogP contribution in [0.15, 0.2) is 54.6 Å². The van der Waals surface area contributed by atoms with Crippen LogP contribution in [0.2, 0.25) is 5.02 Å². The number of nitrogens with zero attached hydrogens (tertiary/aromatic N) is 4. The maximum absolute atomic E-state index is 11.6. The van der Waals surface area contributed by atoms with Gasteiger partial charge in [0.2, 0.25) is 5.88 Å². The fourth-order valence-electron chi connectivity index (χ4n) is 5.65. The Balaban J connectivity index is 1.04.